The number of carbonyl (C=O) groups excluding carboxylic acids is 1. The molecular formula is C9H14O. The van der Waals surface area contributed by atoms with Crippen LogP contribution in [0.1, 0.15) is 38.5 Å². The second kappa shape index (κ2) is 2.08. The van der Waals surface area contributed by atoms with Crippen molar-refractivity contribution in [1.29, 1.82) is 0 Å². The van der Waals surface area contributed by atoms with E-state index in [1.165, 1.54) is 32.1 Å². The van der Waals surface area contributed by atoms with Crippen LogP contribution in [0, 0.1) is 11.3 Å². The molecule has 2 fully saturated rings. The molecule has 1 unspecified atom stereocenters. The second-order valence-corrected chi connectivity index (χ2v) is 3.87. The lowest BCUT2D eigenvalue weighted by Gasteiger charge is -2.03. The first kappa shape index (κ1) is 6.38. The van der Waals surface area contributed by atoms with Crippen molar-refractivity contribution >= 4 is 6.29 Å². The molecule has 1 heteroatoms. The monoisotopic (exact) mass is 138 g/mol. The maximum absolute atomic E-state index is 10.2. The van der Waals surface area contributed by atoms with Gasteiger partial charge in [0, 0.05) is 6.42 Å². The summed E-state index contributed by atoms with van der Waals surface area (Å²) >= 11 is 0. The summed E-state index contributed by atoms with van der Waals surface area (Å²) in [6.45, 7) is 0. The van der Waals surface area contributed by atoms with Crippen LogP contribution in [0.3, 0.4) is 0 Å². The Labute approximate surface area is 61.8 Å². The van der Waals surface area contributed by atoms with E-state index in [1.54, 1.807) is 0 Å². The summed E-state index contributed by atoms with van der Waals surface area (Å²) in [4.78, 5) is 10.2. The molecule has 56 valence electrons. The highest BCUT2D eigenvalue weighted by Gasteiger charge is 2.53. The Hall–Kier alpha value is -0.330. The van der Waals surface area contributed by atoms with Crippen LogP contribution in [0.15, 0.2) is 0 Å². The van der Waals surface area contributed by atoms with Gasteiger partial charge in [-0.25, -0.2) is 0 Å². The highest BCUT2D eigenvalue weighted by molar-refractivity contribution is 5.51. The van der Waals surface area contributed by atoms with E-state index in [9.17, 15) is 4.79 Å². The molecule has 2 aliphatic rings. The van der Waals surface area contributed by atoms with Crippen LogP contribution in [0.25, 0.3) is 0 Å². The zero-order valence-electron chi connectivity index (χ0n) is 6.31. The molecule has 2 rings (SSSR count). The van der Waals surface area contributed by atoms with Crippen LogP contribution in [0.4, 0.5) is 0 Å². The van der Waals surface area contributed by atoms with Gasteiger partial charge in [0.25, 0.3) is 0 Å². The van der Waals surface area contributed by atoms with Gasteiger partial charge in [-0.1, -0.05) is 12.8 Å². The average molecular weight is 138 g/mol. The highest BCUT2D eigenvalue weighted by atomic mass is 16.1. The van der Waals surface area contributed by atoms with Crippen LogP contribution < -0.4 is 0 Å². The van der Waals surface area contributed by atoms with E-state index in [4.69, 9.17) is 0 Å². The summed E-state index contributed by atoms with van der Waals surface area (Å²) in [7, 11) is 0. The van der Waals surface area contributed by atoms with Crippen molar-refractivity contribution in [2.45, 2.75) is 38.5 Å². The molecule has 2 aliphatic carbocycles. The molecule has 0 aromatic carbocycles. The van der Waals surface area contributed by atoms with Crippen LogP contribution >= 0.6 is 0 Å². The summed E-state index contributed by atoms with van der Waals surface area (Å²) in [6, 6.07) is 0. The minimum absolute atomic E-state index is 0.681. The number of hydrogen-bond acceptors (Lipinski definition) is 1. The second-order valence-electron chi connectivity index (χ2n) is 3.87. The smallest absolute Gasteiger partial charge is 0.120 e. The van der Waals surface area contributed by atoms with Gasteiger partial charge >= 0.3 is 0 Å². The Kier molecular flexibility index (Phi) is 1.33. The fourth-order valence-corrected chi connectivity index (χ4v) is 2.57. The Balaban J connectivity index is 1.91. The molecule has 0 heterocycles. The first-order valence-electron chi connectivity index (χ1n) is 4.31. The minimum atomic E-state index is 0.681. The van der Waals surface area contributed by atoms with Gasteiger partial charge < -0.3 is 4.79 Å². The fraction of sp³-hybridized carbons (Fsp3) is 0.889. The number of aldehydes is 1. The zero-order chi connectivity index (χ0) is 7.03. The number of hydrogen-bond donors (Lipinski definition) is 0. The molecule has 0 radical (unpaired) electrons. The zero-order valence-corrected chi connectivity index (χ0v) is 6.31. The molecule has 0 bridgehead atoms. The Morgan fingerprint density at radius 2 is 2.10 bits per heavy atom. The molecule has 1 atom stereocenters. The van der Waals surface area contributed by atoms with Crippen LogP contribution in [0.5, 0.6) is 0 Å². The summed E-state index contributed by atoms with van der Waals surface area (Å²) in [5.74, 6) is 0.785. The summed E-state index contributed by atoms with van der Waals surface area (Å²) in [6.07, 6.45) is 8.92. The molecule has 0 aromatic heterocycles. The van der Waals surface area contributed by atoms with Gasteiger partial charge in [-0.05, 0) is 30.6 Å². The molecule has 1 nitrogen and oxygen atoms in total. The Morgan fingerprint density at radius 3 is 2.70 bits per heavy atom. The van der Waals surface area contributed by atoms with E-state index >= 15 is 0 Å². The molecule has 10 heavy (non-hydrogen) atoms. The van der Waals surface area contributed by atoms with Gasteiger partial charge in [0.2, 0.25) is 0 Å². The molecule has 0 N–H and O–H groups in total. The number of rotatable bonds is 2. The molecule has 0 amide bonds. The standard InChI is InChI=1S/C9H14O/c10-6-3-8-7-9(8)4-1-2-5-9/h6,8H,1-5,7H2. The van der Waals surface area contributed by atoms with Crippen molar-refractivity contribution in [3.63, 3.8) is 0 Å². The lowest BCUT2D eigenvalue weighted by Crippen LogP contribution is -1.96. The van der Waals surface area contributed by atoms with E-state index in [-0.39, 0.29) is 0 Å². The van der Waals surface area contributed by atoms with Crippen LogP contribution in [0.2, 0.25) is 0 Å². The van der Waals surface area contributed by atoms with Gasteiger partial charge in [0.05, 0.1) is 0 Å². The maximum Gasteiger partial charge on any atom is 0.120 e. The van der Waals surface area contributed by atoms with Gasteiger partial charge in [-0.15, -0.1) is 0 Å². The van der Waals surface area contributed by atoms with Crippen molar-refractivity contribution in [1.82, 2.24) is 0 Å². The third-order valence-electron chi connectivity index (χ3n) is 3.34. The SMILES string of the molecule is O=CCC1CC12CCCC2. The fourth-order valence-electron chi connectivity index (χ4n) is 2.57. The average Bonchev–Trinajstić information content (AvgIpc) is 2.43. The van der Waals surface area contributed by atoms with Gasteiger partial charge in [-0.3, -0.25) is 0 Å². The molecular weight excluding hydrogens is 124 g/mol. The lowest BCUT2D eigenvalue weighted by atomic mass is 10.0. The summed E-state index contributed by atoms with van der Waals surface area (Å²) in [5, 5.41) is 0. The Morgan fingerprint density at radius 1 is 1.40 bits per heavy atom. The van der Waals surface area contributed by atoms with E-state index < -0.39 is 0 Å². The first-order valence-corrected chi connectivity index (χ1v) is 4.31. The Bertz CT molecular complexity index is 145. The van der Waals surface area contributed by atoms with E-state index in [0.717, 1.165) is 18.6 Å². The topological polar surface area (TPSA) is 17.1 Å². The molecule has 2 saturated carbocycles. The van der Waals surface area contributed by atoms with Gasteiger partial charge in [-0.2, -0.15) is 0 Å². The minimum Gasteiger partial charge on any atom is -0.303 e. The van der Waals surface area contributed by atoms with Crippen molar-refractivity contribution in [2.75, 3.05) is 0 Å². The van der Waals surface area contributed by atoms with Crippen molar-refractivity contribution in [3.8, 4) is 0 Å². The van der Waals surface area contributed by atoms with Crippen LogP contribution in [-0.2, 0) is 4.79 Å². The lowest BCUT2D eigenvalue weighted by molar-refractivity contribution is -0.108. The van der Waals surface area contributed by atoms with Crippen LogP contribution in [-0.4, -0.2) is 6.29 Å². The molecule has 1 spiro atoms. The van der Waals surface area contributed by atoms with E-state index in [0.29, 0.717) is 5.41 Å². The predicted octanol–water partition coefficient (Wildman–Crippen LogP) is 2.16. The van der Waals surface area contributed by atoms with Crippen molar-refractivity contribution in [3.05, 3.63) is 0 Å². The summed E-state index contributed by atoms with van der Waals surface area (Å²) < 4.78 is 0. The maximum atomic E-state index is 10.2. The molecule has 0 aliphatic heterocycles. The number of carbonyl (C=O) groups is 1. The van der Waals surface area contributed by atoms with Crippen molar-refractivity contribution < 1.29 is 4.79 Å². The van der Waals surface area contributed by atoms with E-state index in [2.05, 4.69) is 0 Å². The third-order valence-corrected chi connectivity index (χ3v) is 3.34. The third kappa shape index (κ3) is 0.799. The quantitative estimate of drug-likeness (QED) is 0.534. The molecule has 0 aromatic rings. The highest BCUT2D eigenvalue weighted by Crippen LogP contribution is 2.63. The summed E-state index contributed by atoms with van der Waals surface area (Å²) in [5.41, 5.74) is 0.681. The van der Waals surface area contributed by atoms with E-state index in [1.807, 2.05) is 0 Å². The van der Waals surface area contributed by atoms with Gasteiger partial charge in [0.1, 0.15) is 6.29 Å². The first-order chi connectivity index (χ1) is 4.87. The normalized spacial score (nSPS) is 34.6. The molecule has 0 saturated heterocycles. The van der Waals surface area contributed by atoms with Gasteiger partial charge in [0.15, 0.2) is 0 Å². The van der Waals surface area contributed by atoms with Crippen molar-refractivity contribution in [2.24, 2.45) is 11.3 Å². The largest absolute Gasteiger partial charge is 0.303 e. The predicted molar refractivity (Wildman–Crippen MR) is 39.7 cm³/mol.